The lowest BCUT2D eigenvalue weighted by molar-refractivity contribution is -0.0592. The van der Waals surface area contributed by atoms with Crippen LogP contribution in [0.4, 0.5) is 4.39 Å². The van der Waals surface area contributed by atoms with Crippen LogP contribution in [-0.4, -0.2) is 56.3 Å². The molecular formula is C30H28FN5O4S. The molecular weight excluding hydrogens is 545 g/mol. The summed E-state index contributed by atoms with van der Waals surface area (Å²) < 4.78 is 28.0. The van der Waals surface area contributed by atoms with E-state index in [1.54, 1.807) is 24.3 Å². The quantitative estimate of drug-likeness (QED) is 0.306. The standard InChI is InChI=1S/C30H28FN5O4S/c31-22-10-18(13-32)4-5-19(22)17-40-27-3-1-2-25(33-27)30-7-8-35(14-20(30)12-30)16-26-34-28-23(11-24(41-28)29(37)38)36(26)15-21-6-9-39-21/h1-5,10-11,20-21H,6-9,12,14-17H2,(H,37,38)/t20-,21-,30+/m0/s1. The summed E-state index contributed by atoms with van der Waals surface area (Å²) in [4.78, 5) is 24.7. The van der Waals surface area contributed by atoms with Gasteiger partial charge in [-0.2, -0.15) is 5.26 Å². The molecule has 3 atom stereocenters. The summed E-state index contributed by atoms with van der Waals surface area (Å²) in [5.41, 5.74) is 2.58. The highest BCUT2D eigenvalue weighted by Crippen LogP contribution is 2.59. The Kier molecular flexibility index (Phi) is 6.49. The number of likely N-dealkylation sites (tertiary alicyclic amines) is 1. The van der Waals surface area contributed by atoms with Crippen LogP contribution in [0.5, 0.6) is 5.88 Å². The number of nitrogens with zero attached hydrogens (tertiary/aromatic N) is 5. The Morgan fingerprint density at radius 3 is 2.90 bits per heavy atom. The van der Waals surface area contributed by atoms with Crippen LogP contribution in [0, 0.1) is 23.1 Å². The van der Waals surface area contributed by atoms with Crippen LogP contribution in [0.3, 0.4) is 0 Å². The zero-order valence-electron chi connectivity index (χ0n) is 22.3. The van der Waals surface area contributed by atoms with Gasteiger partial charge in [0.25, 0.3) is 0 Å². The normalized spacial score (nSPS) is 23.5. The molecule has 1 N–H and O–H groups in total. The van der Waals surface area contributed by atoms with Crippen LogP contribution in [0.15, 0.2) is 42.5 Å². The molecule has 1 aliphatic carbocycles. The van der Waals surface area contributed by atoms with Crippen LogP contribution < -0.4 is 4.74 Å². The first-order valence-electron chi connectivity index (χ1n) is 13.8. The summed E-state index contributed by atoms with van der Waals surface area (Å²) in [7, 11) is 0. The number of pyridine rings is 1. The molecule has 2 saturated heterocycles. The number of aromatic nitrogens is 3. The zero-order valence-corrected chi connectivity index (χ0v) is 23.1. The average Bonchev–Trinajstić information content (AvgIpc) is 3.40. The molecule has 1 aromatic carbocycles. The van der Waals surface area contributed by atoms with E-state index in [1.165, 1.54) is 17.4 Å². The third kappa shape index (κ3) is 4.86. The Labute approximate surface area is 239 Å². The second-order valence-corrected chi connectivity index (χ2v) is 12.2. The average molecular weight is 574 g/mol. The van der Waals surface area contributed by atoms with Crippen molar-refractivity contribution in [1.82, 2.24) is 19.4 Å². The number of piperidine rings is 1. The molecule has 41 heavy (non-hydrogen) atoms. The molecule has 0 amide bonds. The van der Waals surface area contributed by atoms with E-state index in [0.717, 1.165) is 60.8 Å². The summed E-state index contributed by atoms with van der Waals surface area (Å²) in [5, 5.41) is 18.4. The van der Waals surface area contributed by atoms with Crippen LogP contribution >= 0.6 is 11.3 Å². The highest BCUT2D eigenvalue weighted by molar-refractivity contribution is 7.20. The van der Waals surface area contributed by atoms with Gasteiger partial charge in [-0.15, -0.1) is 11.3 Å². The summed E-state index contributed by atoms with van der Waals surface area (Å²) in [6.07, 6.45) is 3.18. The molecule has 1 saturated carbocycles. The van der Waals surface area contributed by atoms with Crippen molar-refractivity contribution in [3.05, 3.63) is 75.8 Å². The van der Waals surface area contributed by atoms with E-state index in [2.05, 4.69) is 15.5 Å². The summed E-state index contributed by atoms with van der Waals surface area (Å²) in [6.45, 7) is 4.04. The number of aromatic carboxylic acids is 1. The van der Waals surface area contributed by atoms with E-state index in [-0.39, 0.29) is 23.7 Å². The number of hydrogen-bond donors (Lipinski definition) is 1. The second-order valence-electron chi connectivity index (χ2n) is 11.1. The third-order valence-corrected chi connectivity index (χ3v) is 9.66. The van der Waals surface area contributed by atoms with Crippen LogP contribution in [0.1, 0.15) is 51.6 Å². The SMILES string of the molecule is N#Cc1ccc(COc2cccc([C@@]34CCN(Cc5nc6sc(C(=O)O)cc6n5C[C@@H]5CCO5)C[C@@H]3C4)n2)c(F)c1. The number of imidazole rings is 1. The number of fused-ring (bicyclic) bond motifs is 2. The maximum absolute atomic E-state index is 14.3. The maximum atomic E-state index is 14.3. The van der Waals surface area contributed by atoms with Crippen LogP contribution in [0.25, 0.3) is 10.3 Å². The van der Waals surface area contributed by atoms with Gasteiger partial charge in [-0.05, 0) is 56.0 Å². The molecule has 11 heteroatoms. The minimum absolute atomic E-state index is 0.0293. The molecule has 3 aromatic heterocycles. The molecule has 3 fully saturated rings. The van der Waals surface area contributed by atoms with Gasteiger partial charge in [0.2, 0.25) is 5.88 Å². The fourth-order valence-corrected chi connectivity index (χ4v) is 7.05. The largest absolute Gasteiger partial charge is 0.477 e. The monoisotopic (exact) mass is 573 g/mol. The lowest BCUT2D eigenvalue weighted by Gasteiger charge is -2.32. The lowest BCUT2D eigenvalue weighted by Crippen LogP contribution is -2.37. The number of nitriles is 1. The van der Waals surface area contributed by atoms with Crippen molar-refractivity contribution in [3.8, 4) is 11.9 Å². The van der Waals surface area contributed by atoms with Gasteiger partial charge in [-0.1, -0.05) is 12.1 Å². The Morgan fingerprint density at radius 2 is 2.17 bits per heavy atom. The maximum Gasteiger partial charge on any atom is 0.346 e. The zero-order chi connectivity index (χ0) is 28.1. The third-order valence-electron chi connectivity index (χ3n) is 8.66. The Bertz CT molecular complexity index is 1690. The number of rotatable bonds is 9. The minimum Gasteiger partial charge on any atom is -0.477 e. The molecule has 0 spiro atoms. The molecule has 3 aliphatic rings. The first kappa shape index (κ1) is 26.1. The highest BCUT2D eigenvalue weighted by atomic mass is 32.1. The van der Waals surface area contributed by atoms with Crippen LogP contribution in [-0.2, 0) is 29.8 Å². The van der Waals surface area contributed by atoms with E-state index >= 15 is 0 Å². The van der Waals surface area contributed by atoms with Gasteiger partial charge in [0.1, 0.15) is 28.0 Å². The van der Waals surface area contributed by atoms with E-state index < -0.39 is 11.8 Å². The smallest absolute Gasteiger partial charge is 0.346 e. The molecule has 9 nitrogen and oxygen atoms in total. The fraction of sp³-hybridized carbons (Fsp3) is 0.400. The lowest BCUT2D eigenvalue weighted by atomic mass is 9.91. The fourth-order valence-electron chi connectivity index (χ4n) is 6.15. The predicted octanol–water partition coefficient (Wildman–Crippen LogP) is 4.73. The van der Waals surface area contributed by atoms with Gasteiger partial charge in [-0.3, -0.25) is 4.90 Å². The van der Waals surface area contributed by atoms with Crippen molar-refractivity contribution < 1.29 is 23.8 Å². The summed E-state index contributed by atoms with van der Waals surface area (Å²) in [5.74, 6) is 0.515. The molecule has 2 aliphatic heterocycles. The van der Waals surface area contributed by atoms with Crippen molar-refractivity contribution >= 4 is 27.7 Å². The molecule has 4 aromatic rings. The number of hydrogen-bond acceptors (Lipinski definition) is 8. The first-order chi connectivity index (χ1) is 19.9. The Morgan fingerprint density at radius 1 is 1.29 bits per heavy atom. The predicted molar refractivity (Wildman–Crippen MR) is 148 cm³/mol. The van der Waals surface area contributed by atoms with Gasteiger partial charge < -0.3 is 19.1 Å². The van der Waals surface area contributed by atoms with E-state index in [1.807, 2.05) is 12.1 Å². The van der Waals surface area contributed by atoms with Gasteiger partial charge in [0, 0.05) is 30.2 Å². The van der Waals surface area contributed by atoms with E-state index in [9.17, 15) is 14.3 Å². The van der Waals surface area contributed by atoms with Gasteiger partial charge in [0.05, 0.1) is 42.0 Å². The van der Waals surface area contributed by atoms with E-state index in [0.29, 0.717) is 35.3 Å². The van der Waals surface area contributed by atoms with Crippen molar-refractivity contribution in [2.45, 2.75) is 50.5 Å². The van der Waals surface area contributed by atoms with Crippen molar-refractivity contribution in [2.75, 3.05) is 19.7 Å². The topological polar surface area (TPSA) is 114 Å². The van der Waals surface area contributed by atoms with Gasteiger partial charge in [0.15, 0.2) is 0 Å². The molecule has 0 bridgehead atoms. The molecule has 0 unspecified atom stereocenters. The number of carboxylic acid groups (broad SMARTS) is 1. The number of carboxylic acids is 1. The van der Waals surface area contributed by atoms with Crippen LogP contribution in [0.2, 0.25) is 0 Å². The van der Waals surface area contributed by atoms with Gasteiger partial charge in [-0.25, -0.2) is 19.2 Å². The van der Waals surface area contributed by atoms with Gasteiger partial charge >= 0.3 is 5.97 Å². The number of thiophene rings is 1. The molecule has 0 radical (unpaired) electrons. The number of carbonyl (C=O) groups is 1. The first-order valence-corrected chi connectivity index (χ1v) is 14.6. The second kappa shape index (κ2) is 10.2. The molecule has 5 heterocycles. The Balaban J connectivity index is 1.03. The van der Waals surface area contributed by atoms with E-state index in [4.69, 9.17) is 24.7 Å². The number of benzene rings is 1. The Hall–Kier alpha value is -3.85. The summed E-state index contributed by atoms with van der Waals surface area (Å²) in [6, 6.07) is 13.8. The summed E-state index contributed by atoms with van der Waals surface area (Å²) >= 11 is 1.22. The van der Waals surface area contributed by atoms with Crippen molar-refractivity contribution in [3.63, 3.8) is 0 Å². The minimum atomic E-state index is -0.924. The highest BCUT2D eigenvalue weighted by Gasteiger charge is 2.58. The molecule has 210 valence electrons. The van der Waals surface area contributed by atoms with Crippen molar-refractivity contribution in [2.24, 2.45) is 5.92 Å². The number of ether oxygens (including phenoxy) is 2. The number of halogens is 1. The van der Waals surface area contributed by atoms with Crippen molar-refractivity contribution in [1.29, 1.82) is 5.26 Å². The molecule has 7 rings (SSSR count).